The third-order valence-corrected chi connectivity index (χ3v) is 6.62. The highest BCUT2D eigenvalue weighted by atomic mass is 32.1. The van der Waals surface area contributed by atoms with Crippen molar-refractivity contribution in [1.29, 1.82) is 0 Å². The molecule has 0 bridgehead atoms. The maximum absolute atomic E-state index is 13.6. The number of aryl methyl sites for hydroxylation is 1. The van der Waals surface area contributed by atoms with Gasteiger partial charge in [0.25, 0.3) is 5.56 Å². The molecule has 3 aromatic rings. The normalized spacial score (nSPS) is 17.0. The molecule has 0 spiro atoms. The Morgan fingerprint density at radius 1 is 1.24 bits per heavy atom. The van der Waals surface area contributed by atoms with Crippen LogP contribution in [0.3, 0.4) is 0 Å². The highest BCUT2D eigenvalue weighted by Crippen LogP contribution is 2.38. The van der Waals surface area contributed by atoms with Gasteiger partial charge in [0.05, 0.1) is 28.5 Å². The van der Waals surface area contributed by atoms with Crippen LogP contribution in [0.2, 0.25) is 0 Å². The second-order valence-corrected chi connectivity index (χ2v) is 8.98. The van der Waals surface area contributed by atoms with Crippen LogP contribution >= 0.6 is 11.3 Å². The third-order valence-electron chi connectivity index (χ3n) is 5.64. The van der Waals surface area contributed by atoms with Gasteiger partial charge >= 0.3 is 5.97 Å². The molecule has 8 nitrogen and oxygen atoms in total. The van der Waals surface area contributed by atoms with Crippen LogP contribution in [0.5, 0.6) is 11.5 Å². The SMILES string of the molecule is CCCC1=C(C(=O)OCC)[C@H](c2ccc3c(c2)OCO3)n2c(s/c(=C\c3ccc(C)o3)c2=O)=N1. The largest absolute Gasteiger partial charge is 0.463 e. The summed E-state index contributed by atoms with van der Waals surface area (Å²) in [5.74, 6) is 2.06. The summed E-state index contributed by atoms with van der Waals surface area (Å²) in [6.07, 6.45) is 3.08. The first-order chi connectivity index (χ1) is 16.5. The van der Waals surface area contributed by atoms with Crippen molar-refractivity contribution in [3.8, 4) is 11.5 Å². The first-order valence-corrected chi connectivity index (χ1v) is 12.0. The predicted molar refractivity (Wildman–Crippen MR) is 126 cm³/mol. The third kappa shape index (κ3) is 3.86. The van der Waals surface area contributed by atoms with Crippen LogP contribution in [0.4, 0.5) is 0 Å². The highest BCUT2D eigenvalue weighted by molar-refractivity contribution is 7.07. The Bertz CT molecular complexity index is 1480. The number of nitrogens with zero attached hydrogens (tertiary/aromatic N) is 2. The number of hydrogen-bond acceptors (Lipinski definition) is 8. The summed E-state index contributed by atoms with van der Waals surface area (Å²) in [7, 11) is 0. The van der Waals surface area contributed by atoms with Crippen molar-refractivity contribution < 1.29 is 23.4 Å². The van der Waals surface area contributed by atoms with Gasteiger partial charge in [0.2, 0.25) is 6.79 Å². The van der Waals surface area contributed by atoms with Crippen LogP contribution in [-0.2, 0) is 9.53 Å². The minimum absolute atomic E-state index is 0.131. The average Bonchev–Trinajstić information content (AvgIpc) is 3.52. The lowest BCUT2D eigenvalue weighted by atomic mass is 9.94. The Morgan fingerprint density at radius 2 is 2.06 bits per heavy atom. The fourth-order valence-corrected chi connectivity index (χ4v) is 5.18. The number of hydrogen-bond donors (Lipinski definition) is 0. The number of thiazole rings is 1. The average molecular weight is 481 g/mol. The molecule has 0 unspecified atom stereocenters. The smallest absolute Gasteiger partial charge is 0.338 e. The van der Waals surface area contributed by atoms with E-state index in [9.17, 15) is 9.59 Å². The predicted octanol–water partition coefficient (Wildman–Crippen LogP) is 3.21. The van der Waals surface area contributed by atoms with Crippen molar-refractivity contribution in [2.24, 2.45) is 4.99 Å². The van der Waals surface area contributed by atoms with Crippen molar-refractivity contribution in [2.75, 3.05) is 13.4 Å². The van der Waals surface area contributed by atoms with Crippen molar-refractivity contribution in [3.05, 3.63) is 78.4 Å². The van der Waals surface area contributed by atoms with Crippen LogP contribution in [-0.4, -0.2) is 23.9 Å². The molecule has 0 fully saturated rings. The Hall–Kier alpha value is -3.59. The summed E-state index contributed by atoms with van der Waals surface area (Å²) in [4.78, 5) is 32.1. The standard InChI is InChI=1S/C25H24N2O6S/c1-4-6-17-21(24(29)30-5-2)22(15-8-10-18-19(11-15)32-13-31-18)27-23(28)20(34-25(27)26-17)12-16-9-7-14(3)33-16/h7-12,22H,4-6,13H2,1-3H3/b20-12-/t22-/m0/s1. The van der Waals surface area contributed by atoms with E-state index in [1.807, 2.05) is 38.1 Å². The number of allylic oxidation sites excluding steroid dienone is 1. The van der Waals surface area contributed by atoms with Gasteiger partial charge in [0.1, 0.15) is 11.5 Å². The van der Waals surface area contributed by atoms with E-state index in [0.29, 0.717) is 44.3 Å². The van der Waals surface area contributed by atoms with Crippen molar-refractivity contribution >= 4 is 23.4 Å². The zero-order valence-corrected chi connectivity index (χ0v) is 19.9. The van der Waals surface area contributed by atoms with Crippen LogP contribution < -0.4 is 24.4 Å². The molecule has 0 amide bonds. The Balaban J connectivity index is 1.76. The maximum Gasteiger partial charge on any atom is 0.338 e. The van der Waals surface area contributed by atoms with Gasteiger partial charge in [-0.25, -0.2) is 9.79 Å². The molecule has 4 heterocycles. The topological polar surface area (TPSA) is 92.3 Å². The summed E-state index contributed by atoms with van der Waals surface area (Å²) < 4.78 is 24.1. The molecule has 2 aromatic heterocycles. The van der Waals surface area contributed by atoms with Crippen molar-refractivity contribution in [3.63, 3.8) is 0 Å². The maximum atomic E-state index is 13.6. The Labute approximate surface area is 199 Å². The van der Waals surface area contributed by atoms with E-state index in [2.05, 4.69) is 0 Å². The van der Waals surface area contributed by atoms with Crippen LogP contribution in [0, 0.1) is 6.92 Å². The van der Waals surface area contributed by atoms with E-state index in [1.165, 1.54) is 11.3 Å². The Morgan fingerprint density at radius 3 is 2.79 bits per heavy atom. The fourth-order valence-electron chi connectivity index (χ4n) is 4.18. The first kappa shape index (κ1) is 22.2. The van der Waals surface area contributed by atoms with Crippen molar-refractivity contribution in [1.82, 2.24) is 4.57 Å². The second-order valence-electron chi connectivity index (χ2n) is 7.97. The molecule has 34 heavy (non-hydrogen) atoms. The van der Waals surface area contributed by atoms with Crippen LogP contribution in [0.1, 0.15) is 49.8 Å². The van der Waals surface area contributed by atoms with Gasteiger partial charge in [-0.2, -0.15) is 0 Å². The van der Waals surface area contributed by atoms with E-state index >= 15 is 0 Å². The van der Waals surface area contributed by atoms with Gasteiger partial charge in [-0.15, -0.1) is 0 Å². The van der Waals surface area contributed by atoms with Crippen LogP contribution in [0.25, 0.3) is 6.08 Å². The van der Waals surface area contributed by atoms with Gasteiger partial charge < -0.3 is 18.6 Å². The minimum Gasteiger partial charge on any atom is -0.463 e. The van der Waals surface area contributed by atoms with Gasteiger partial charge in [-0.3, -0.25) is 9.36 Å². The molecule has 2 aliphatic rings. The van der Waals surface area contributed by atoms with E-state index in [1.54, 1.807) is 23.6 Å². The highest BCUT2D eigenvalue weighted by Gasteiger charge is 2.35. The van der Waals surface area contributed by atoms with E-state index in [0.717, 1.165) is 17.7 Å². The number of esters is 1. The van der Waals surface area contributed by atoms with Gasteiger partial charge in [-0.1, -0.05) is 30.7 Å². The lowest BCUT2D eigenvalue weighted by Gasteiger charge is -2.25. The summed E-state index contributed by atoms with van der Waals surface area (Å²) in [5, 5.41) is 0. The summed E-state index contributed by atoms with van der Waals surface area (Å²) in [6, 6.07) is 8.41. The molecule has 0 saturated carbocycles. The zero-order valence-electron chi connectivity index (χ0n) is 19.1. The van der Waals surface area contributed by atoms with Crippen molar-refractivity contribution in [2.45, 2.75) is 39.7 Å². The molecule has 1 aromatic carbocycles. The number of carbonyl (C=O) groups excluding carboxylic acids is 1. The molecular weight excluding hydrogens is 456 g/mol. The zero-order chi connectivity index (χ0) is 23.8. The molecule has 9 heteroatoms. The Kier molecular flexibility index (Phi) is 5.87. The molecule has 1 atom stereocenters. The van der Waals surface area contributed by atoms with Gasteiger partial charge in [0.15, 0.2) is 16.3 Å². The molecule has 0 saturated heterocycles. The summed E-state index contributed by atoms with van der Waals surface area (Å²) in [5.41, 5.74) is 1.47. The summed E-state index contributed by atoms with van der Waals surface area (Å²) in [6.45, 7) is 5.98. The minimum atomic E-state index is -0.702. The number of rotatable bonds is 6. The number of ether oxygens (including phenoxy) is 3. The number of furan rings is 1. The molecule has 5 rings (SSSR count). The summed E-state index contributed by atoms with van der Waals surface area (Å²) >= 11 is 1.27. The molecular formula is C25H24N2O6S. The number of carbonyl (C=O) groups is 1. The monoisotopic (exact) mass is 480 g/mol. The lowest BCUT2D eigenvalue weighted by molar-refractivity contribution is -0.139. The molecule has 0 aliphatic carbocycles. The van der Waals surface area contributed by atoms with E-state index < -0.39 is 12.0 Å². The number of fused-ring (bicyclic) bond motifs is 2. The number of aromatic nitrogens is 1. The van der Waals surface area contributed by atoms with Gasteiger partial charge in [-0.05, 0) is 50.1 Å². The molecule has 0 radical (unpaired) electrons. The van der Waals surface area contributed by atoms with Crippen LogP contribution in [0.15, 0.2) is 55.8 Å². The lowest BCUT2D eigenvalue weighted by Crippen LogP contribution is -2.40. The molecule has 0 N–H and O–H groups in total. The second kappa shape index (κ2) is 8.98. The number of benzene rings is 1. The first-order valence-electron chi connectivity index (χ1n) is 11.2. The molecule has 176 valence electrons. The fraction of sp³-hybridized carbons (Fsp3) is 0.320. The van der Waals surface area contributed by atoms with E-state index in [4.69, 9.17) is 23.6 Å². The van der Waals surface area contributed by atoms with Gasteiger partial charge in [0, 0.05) is 6.08 Å². The molecule has 2 aliphatic heterocycles. The van der Waals surface area contributed by atoms with E-state index in [-0.39, 0.29) is 19.0 Å². The quantitative estimate of drug-likeness (QED) is 0.503.